The van der Waals surface area contributed by atoms with Crippen LogP contribution in [-0.4, -0.2) is 82.5 Å². The molecule has 0 spiro atoms. The van der Waals surface area contributed by atoms with E-state index in [9.17, 15) is 9.59 Å². The zero-order valence-corrected chi connectivity index (χ0v) is 27.1. The minimum atomic E-state index is -0.539. The maximum atomic E-state index is 13.9. The highest BCUT2D eigenvalue weighted by Crippen LogP contribution is 2.44. The summed E-state index contributed by atoms with van der Waals surface area (Å²) in [4.78, 5) is 39.5. The number of amides is 3. The molecule has 7 nitrogen and oxygen atoms in total. The summed E-state index contributed by atoms with van der Waals surface area (Å²) < 4.78 is 0. The van der Waals surface area contributed by atoms with E-state index in [0.717, 1.165) is 63.3 Å². The molecule has 1 atom stereocenters. The summed E-state index contributed by atoms with van der Waals surface area (Å²) in [6.45, 7) is 13.2. The predicted molar refractivity (Wildman–Crippen MR) is 175 cm³/mol. The molecule has 4 fully saturated rings. The fourth-order valence-electron chi connectivity index (χ4n) is 8.25. The van der Waals surface area contributed by atoms with Gasteiger partial charge in [-0.15, -0.1) is 11.3 Å². The van der Waals surface area contributed by atoms with E-state index in [0.29, 0.717) is 18.0 Å². The monoisotopic (exact) mass is 601 g/mol. The molecule has 6 heterocycles. The zero-order valence-electron chi connectivity index (χ0n) is 26.3. The molecule has 0 saturated carbocycles. The van der Waals surface area contributed by atoms with Gasteiger partial charge in [0.1, 0.15) is 4.83 Å². The van der Waals surface area contributed by atoms with Crippen molar-refractivity contribution in [3.05, 3.63) is 45.8 Å². The van der Waals surface area contributed by atoms with Crippen LogP contribution in [0.4, 0.5) is 4.79 Å². The first-order chi connectivity index (χ1) is 20.7. The molecule has 3 amide bonds. The number of hydrogen-bond acceptors (Lipinski definition) is 4. The van der Waals surface area contributed by atoms with E-state index in [1.165, 1.54) is 63.8 Å². The molecule has 8 heteroatoms. The molecule has 4 aliphatic heterocycles. The van der Waals surface area contributed by atoms with Gasteiger partial charge in [0, 0.05) is 61.1 Å². The number of H-pyrrole nitrogens is 1. The summed E-state index contributed by atoms with van der Waals surface area (Å²) in [5, 5.41) is 4.55. The van der Waals surface area contributed by atoms with Crippen molar-refractivity contribution in [3.8, 4) is 11.3 Å². The summed E-state index contributed by atoms with van der Waals surface area (Å²) in [5.74, 6) is 0.302. The number of urea groups is 1. The molecule has 2 bridgehead atoms. The van der Waals surface area contributed by atoms with Crippen LogP contribution in [0.2, 0.25) is 0 Å². The Kier molecular flexibility index (Phi) is 7.57. The second kappa shape index (κ2) is 11.3. The smallest absolute Gasteiger partial charge is 0.317 e. The Morgan fingerprint density at radius 3 is 2.30 bits per heavy atom. The fraction of sp³-hybridized carbons (Fsp3) is 0.600. The summed E-state index contributed by atoms with van der Waals surface area (Å²) in [6, 6.07) is 10.3. The van der Waals surface area contributed by atoms with Crippen LogP contribution in [0.15, 0.2) is 24.3 Å². The topological polar surface area (TPSA) is 71.7 Å². The lowest BCUT2D eigenvalue weighted by molar-refractivity contribution is -0.137. The standard InChI is InChI=1S/C35H47N5O2S/c1-22-17-23(2)19-24(18-22)31-28(12-16-38-15-11-25(21-38)36-34(42)39-13-5-6-14-39)29-20-30(43-32(29)37-31)35(3,4)33(41)40-26-7-8-27(40)10-9-26/h17-20,25-27,37H,5-16,21H2,1-4H3,(H,36,42). The number of carbonyl (C=O) groups excluding carboxylic acids is 2. The lowest BCUT2D eigenvalue weighted by Crippen LogP contribution is -2.45. The van der Waals surface area contributed by atoms with E-state index < -0.39 is 5.41 Å². The first kappa shape index (κ1) is 28.9. The number of aromatic amines is 1. The minimum absolute atomic E-state index is 0.110. The molecule has 3 aromatic rings. The molecule has 1 unspecified atom stereocenters. The average molecular weight is 602 g/mol. The van der Waals surface area contributed by atoms with Crippen molar-refractivity contribution in [2.75, 3.05) is 32.7 Å². The van der Waals surface area contributed by atoms with E-state index in [4.69, 9.17) is 0 Å². The van der Waals surface area contributed by atoms with Gasteiger partial charge in [-0.2, -0.15) is 0 Å². The van der Waals surface area contributed by atoms with Gasteiger partial charge in [-0.1, -0.05) is 17.2 Å². The van der Waals surface area contributed by atoms with Gasteiger partial charge in [0.25, 0.3) is 0 Å². The number of likely N-dealkylation sites (tertiary alicyclic amines) is 2. The molecule has 1 aromatic carbocycles. The highest BCUT2D eigenvalue weighted by molar-refractivity contribution is 7.19. The Bertz CT molecular complexity index is 1490. The fourth-order valence-corrected chi connectivity index (χ4v) is 9.43. The van der Waals surface area contributed by atoms with Gasteiger partial charge in [0.05, 0.1) is 11.1 Å². The van der Waals surface area contributed by atoms with Crippen LogP contribution in [0.1, 0.15) is 80.4 Å². The van der Waals surface area contributed by atoms with Crippen LogP contribution < -0.4 is 5.32 Å². The van der Waals surface area contributed by atoms with Crippen molar-refractivity contribution in [3.63, 3.8) is 0 Å². The third-order valence-electron chi connectivity index (χ3n) is 10.6. The van der Waals surface area contributed by atoms with Crippen molar-refractivity contribution in [2.24, 2.45) is 0 Å². The van der Waals surface area contributed by atoms with E-state index in [1.807, 2.05) is 4.90 Å². The number of aryl methyl sites for hydroxylation is 2. The number of thiophene rings is 1. The molecular formula is C35H47N5O2S. The molecule has 43 heavy (non-hydrogen) atoms. The second-order valence-electron chi connectivity index (χ2n) is 14.2. The van der Waals surface area contributed by atoms with E-state index in [2.05, 4.69) is 72.1 Å². The van der Waals surface area contributed by atoms with Gasteiger partial charge >= 0.3 is 6.03 Å². The average Bonchev–Trinajstić information content (AvgIpc) is 3.81. The van der Waals surface area contributed by atoms with Crippen LogP contribution in [-0.2, 0) is 16.6 Å². The summed E-state index contributed by atoms with van der Waals surface area (Å²) >= 11 is 1.76. The van der Waals surface area contributed by atoms with Gasteiger partial charge in [-0.05, 0) is 108 Å². The van der Waals surface area contributed by atoms with Crippen LogP contribution >= 0.6 is 11.3 Å². The van der Waals surface area contributed by atoms with Crippen molar-refractivity contribution < 1.29 is 9.59 Å². The Balaban J connectivity index is 1.13. The lowest BCUT2D eigenvalue weighted by Gasteiger charge is -2.31. The number of rotatable bonds is 7. The number of aromatic nitrogens is 1. The molecule has 7 rings (SSSR count). The van der Waals surface area contributed by atoms with Gasteiger partial charge in [0.2, 0.25) is 5.91 Å². The van der Waals surface area contributed by atoms with Crippen molar-refractivity contribution in [2.45, 2.75) is 103 Å². The maximum Gasteiger partial charge on any atom is 0.317 e. The molecule has 2 N–H and O–H groups in total. The lowest BCUT2D eigenvalue weighted by atomic mass is 9.88. The third kappa shape index (κ3) is 5.39. The predicted octanol–water partition coefficient (Wildman–Crippen LogP) is 6.37. The molecule has 230 valence electrons. The SMILES string of the molecule is Cc1cc(C)cc(-c2[nH]c3sc(C(C)(C)C(=O)N4C5CCC4CC5)cc3c2CCN2CCC(NC(=O)N3CCCC3)C2)c1. The Morgan fingerprint density at radius 1 is 0.953 bits per heavy atom. The van der Waals surface area contributed by atoms with Crippen LogP contribution in [0.5, 0.6) is 0 Å². The van der Waals surface area contributed by atoms with Crippen molar-refractivity contribution >= 4 is 33.5 Å². The second-order valence-corrected chi connectivity index (χ2v) is 15.2. The van der Waals surface area contributed by atoms with Crippen molar-refractivity contribution in [1.82, 2.24) is 25.0 Å². The number of fused-ring (bicyclic) bond motifs is 3. The van der Waals surface area contributed by atoms with Gasteiger partial charge < -0.3 is 25.0 Å². The quantitative estimate of drug-likeness (QED) is 0.331. The van der Waals surface area contributed by atoms with Gasteiger partial charge in [-0.3, -0.25) is 4.79 Å². The van der Waals surface area contributed by atoms with Crippen LogP contribution in [0, 0.1) is 13.8 Å². The van der Waals surface area contributed by atoms with Crippen LogP contribution in [0.3, 0.4) is 0 Å². The third-order valence-corrected chi connectivity index (χ3v) is 12.0. The largest absolute Gasteiger partial charge is 0.346 e. The van der Waals surface area contributed by atoms with Gasteiger partial charge in [-0.25, -0.2) is 4.79 Å². The highest BCUT2D eigenvalue weighted by atomic mass is 32.1. The number of carbonyl (C=O) groups is 2. The Morgan fingerprint density at radius 2 is 1.63 bits per heavy atom. The Labute approximate surface area is 260 Å². The molecule has 4 saturated heterocycles. The van der Waals surface area contributed by atoms with E-state index in [1.54, 1.807) is 11.3 Å². The first-order valence-corrected chi connectivity index (χ1v) is 17.3. The maximum absolute atomic E-state index is 13.9. The molecular weight excluding hydrogens is 554 g/mol. The molecule has 4 aliphatic rings. The van der Waals surface area contributed by atoms with E-state index in [-0.39, 0.29) is 12.1 Å². The molecule has 0 radical (unpaired) electrons. The van der Waals surface area contributed by atoms with Gasteiger partial charge in [0.15, 0.2) is 0 Å². The van der Waals surface area contributed by atoms with Crippen molar-refractivity contribution in [1.29, 1.82) is 0 Å². The number of benzene rings is 1. The summed E-state index contributed by atoms with van der Waals surface area (Å²) in [6.07, 6.45) is 8.83. The van der Waals surface area contributed by atoms with Crippen LogP contribution in [0.25, 0.3) is 21.5 Å². The van der Waals surface area contributed by atoms with E-state index >= 15 is 0 Å². The zero-order chi connectivity index (χ0) is 29.9. The number of nitrogens with zero attached hydrogens (tertiary/aromatic N) is 3. The normalized spacial score (nSPS) is 24.1. The summed E-state index contributed by atoms with van der Waals surface area (Å²) in [7, 11) is 0. The summed E-state index contributed by atoms with van der Waals surface area (Å²) in [5.41, 5.74) is 5.78. The minimum Gasteiger partial charge on any atom is -0.346 e. The molecule has 0 aliphatic carbocycles. The molecule has 2 aromatic heterocycles. The Hall–Kier alpha value is -2.84. The first-order valence-electron chi connectivity index (χ1n) is 16.5. The number of hydrogen-bond donors (Lipinski definition) is 2. The highest BCUT2D eigenvalue weighted by Gasteiger charge is 2.47. The number of nitrogens with one attached hydrogen (secondary N) is 2.